The Hall–Kier alpha value is -4.58. The second-order valence-corrected chi connectivity index (χ2v) is 15.6. The van der Waals surface area contributed by atoms with E-state index in [0.717, 1.165) is 49.0 Å². The van der Waals surface area contributed by atoms with Crippen LogP contribution in [0.15, 0.2) is 113 Å². The molecule has 1 aliphatic carbocycles. The van der Waals surface area contributed by atoms with Crippen LogP contribution in [-0.4, -0.2) is 45.6 Å². The molecule has 0 fully saturated rings. The lowest BCUT2D eigenvalue weighted by molar-refractivity contribution is -0.441. The average molecular weight is 756 g/mol. The zero-order valence-corrected chi connectivity index (χ0v) is 34.4. The number of aromatic nitrogens is 1. The molecule has 2 aliphatic rings. The Balaban J connectivity index is 1.19. The summed E-state index contributed by atoms with van der Waals surface area (Å²) in [6.45, 7) is 6.29. The minimum absolute atomic E-state index is 0.00894. The molecule has 5 rings (SSSR count). The highest BCUT2D eigenvalue weighted by molar-refractivity contribution is 6.40. The number of aliphatic hydroxyl groups is 1. The third kappa shape index (κ3) is 12.7. The van der Waals surface area contributed by atoms with Crippen LogP contribution in [0, 0.1) is 0 Å². The lowest BCUT2D eigenvalue weighted by Gasteiger charge is -2.25. The number of aliphatic hydroxyl groups excluding tert-OH is 1. The van der Waals surface area contributed by atoms with Crippen molar-refractivity contribution < 1.29 is 14.5 Å². The number of Topliss-reactive ketones (excluding diaryl/α,β-unsaturated/α-hetero) is 1. The average Bonchev–Trinajstić information content (AvgIpc) is 3.23. The van der Waals surface area contributed by atoms with E-state index in [1.165, 1.54) is 116 Å². The molecule has 2 aromatic carbocycles. The van der Waals surface area contributed by atoms with Gasteiger partial charge in [-0.05, 0) is 66.7 Å². The van der Waals surface area contributed by atoms with E-state index in [2.05, 4.69) is 71.9 Å². The van der Waals surface area contributed by atoms with Crippen molar-refractivity contribution in [1.29, 1.82) is 0 Å². The number of benzene rings is 2. The summed E-state index contributed by atoms with van der Waals surface area (Å²) in [5, 5.41) is 11.2. The van der Waals surface area contributed by atoms with Crippen molar-refractivity contribution in [1.82, 2.24) is 4.98 Å². The van der Waals surface area contributed by atoms with E-state index in [9.17, 15) is 9.90 Å². The third-order valence-corrected chi connectivity index (χ3v) is 11.2. The molecule has 1 aliphatic heterocycles. The van der Waals surface area contributed by atoms with Crippen molar-refractivity contribution in [2.75, 3.05) is 18.0 Å². The number of allylic oxidation sites excluding steroid dienone is 4. The van der Waals surface area contributed by atoms with Gasteiger partial charge in [0.05, 0.1) is 17.7 Å². The molecule has 1 aromatic heterocycles. The standard InChI is InChI=1S/C50H66N4O2/c1-3-5-7-9-11-13-15-17-19-27-37-53(43-29-23-21-24-30-43)45-35-33-41(39-51-45)47-49(55)48(50(47)56)42-34-36-46(52-40-42)54(44-31-25-22-26-32-44)38-28-20-18-16-14-12-10-8-6-4-2/h21-26,29-36,39-40H,3-20,27-28,37-38H2,1-2H3/p+1. The van der Waals surface area contributed by atoms with Crippen LogP contribution in [0.25, 0.3) is 5.57 Å². The highest BCUT2D eigenvalue weighted by atomic mass is 16.3. The number of carbonyl (C=O) groups excluding carboxylic acids is 1. The summed E-state index contributed by atoms with van der Waals surface area (Å²) < 4.78 is 2.26. The van der Waals surface area contributed by atoms with Gasteiger partial charge in [0.15, 0.2) is 0 Å². The number of unbranched alkanes of at least 4 members (excludes halogenated alkanes) is 18. The first-order valence-corrected chi connectivity index (χ1v) is 22.1. The molecule has 0 saturated carbocycles. The molecule has 1 N–H and O–H groups in total. The van der Waals surface area contributed by atoms with Gasteiger partial charge in [-0.3, -0.25) is 4.79 Å². The predicted octanol–water partition coefficient (Wildman–Crippen LogP) is 13.6. The number of para-hydroxylation sites is 2. The van der Waals surface area contributed by atoms with Gasteiger partial charge < -0.3 is 10.0 Å². The number of dihydropyridines is 1. The fourth-order valence-electron chi connectivity index (χ4n) is 7.81. The van der Waals surface area contributed by atoms with Gasteiger partial charge in [-0.1, -0.05) is 159 Å². The number of pyridine rings is 1. The number of anilines is 2. The van der Waals surface area contributed by atoms with Gasteiger partial charge >= 0.3 is 5.84 Å². The summed E-state index contributed by atoms with van der Waals surface area (Å²) in [4.78, 5) is 25.4. The Morgan fingerprint density at radius 3 is 1.68 bits per heavy atom. The quantitative estimate of drug-likeness (QED) is 0.0503. The van der Waals surface area contributed by atoms with Gasteiger partial charge in [0.1, 0.15) is 23.5 Å². The maximum absolute atomic E-state index is 13.6. The summed E-state index contributed by atoms with van der Waals surface area (Å²) in [6, 6.07) is 24.6. The van der Waals surface area contributed by atoms with E-state index in [1.807, 2.05) is 36.4 Å². The smallest absolute Gasteiger partial charge is 0.323 e. The number of amidine groups is 1. The first kappa shape index (κ1) is 42.6. The number of rotatable bonds is 26. The van der Waals surface area contributed by atoms with Gasteiger partial charge in [-0.2, -0.15) is 0 Å². The molecule has 0 saturated heterocycles. The zero-order chi connectivity index (χ0) is 39.2. The Kier molecular flexibility index (Phi) is 18.3. The lowest BCUT2D eigenvalue weighted by atomic mass is 9.81. The molecule has 298 valence electrons. The Morgan fingerprint density at radius 1 is 0.607 bits per heavy atom. The summed E-state index contributed by atoms with van der Waals surface area (Å²) in [7, 11) is 0. The molecule has 0 atom stereocenters. The largest absolute Gasteiger partial charge is 0.506 e. The summed E-state index contributed by atoms with van der Waals surface area (Å²) in [5.41, 5.74) is 4.09. The summed E-state index contributed by atoms with van der Waals surface area (Å²) in [5.74, 6) is 1.51. The second kappa shape index (κ2) is 24.1. The van der Waals surface area contributed by atoms with Crippen molar-refractivity contribution in [2.45, 2.75) is 142 Å². The van der Waals surface area contributed by atoms with Crippen molar-refractivity contribution in [2.24, 2.45) is 4.99 Å². The molecule has 0 bridgehead atoms. The van der Waals surface area contributed by atoms with Gasteiger partial charge in [-0.25, -0.2) is 9.56 Å². The normalized spacial score (nSPS) is 16.1. The molecule has 0 radical (unpaired) electrons. The molecular formula is C50H67N4O2+. The maximum Gasteiger partial charge on any atom is 0.323 e. The number of hydrogen-bond donors (Lipinski definition) is 1. The van der Waals surface area contributed by atoms with Crippen molar-refractivity contribution >= 4 is 40.6 Å². The van der Waals surface area contributed by atoms with Crippen LogP contribution in [-0.2, 0) is 4.79 Å². The van der Waals surface area contributed by atoms with Crippen molar-refractivity contribution in [3.63, 3.8) is 0 Å². The first-order valence-electron chi connectivity index (χ1n) is 22.1. The third-order valence-electron chi connectivity index (χ3n) is 11.2. The van der Waals surface area contributed by atoms with Gasteiger partial charge in [0.2, 0.25) is 5.78 Å². The lowest BCUT2D eigenvalue weighted by Crippen LogP contribution is -2.25. The van der Waals surface area contributed by atoms with E-state index in [1.54, 1.807) is 12.4 Å². The molecule has 0 unspecified atom stereocenters. The van der Waals surface area contributed by atoms with Crippen LogP contribution in [0.4, 0.5) is 17.2 Å². The molecule has 6 nitrogen and oxygen atoms in total. The minimum atomic E-state index is -0.179. The Labute approximate surface area is 337 Å². The number of nitrogens with zero attached hydrogens (tertiary/aromatic N) is 4. The molecule has 2 heterocycles. The zero-order valence-electron chi connectivity index (χ0n) is 34.4. The van der Waals surface area contributed by atoms with Gasteiger partial charge in [-0.15, -0.1) is 0 Å². The number of hydrogen-bond acceptors (Lipinski definition) is 4. The van der Waals surface area contributed by atoms with E-state index < -0.39 is 0 Å². The number of carbonyl (C=O) groups is 1. The molecular weight excluding hydrogens is 689 g/mol. The summed E-state index contributed by atoms with van der Waals surface area (Å²) >= 11 is 0. The maximum atomic E-state index is 13.6. The van der Waals surface area contributed by atoms with E-state index in [0.29, 0.717) is 22.3 Å². The molecule has 3 aromatic rings. The predicted molar refractivity (Wildman–Crippen MR) is 237 cm³/mol. The molecule has 0 spiro atoms. The topological polar surface area (TPSA) is 68.8 Å². The van der Waals surface area contributed by atoms with E-state index in [4.69, 9.17) is 9.98 Å². The molecule has 6 heteroatoms. The number of ketones is 1. The monoisotopic (exact) mass is 756 g/mol. The van der Waals surface area contributed by atoms with E-state index >= 15 is 0 Å². The fraction of sp³-hybridized carbons (Fsp3) is 0.480. The summed E-state index contributed by atoms with van der Waals surface area (Å²) in [6.07, 6.45) is 33.2. The van der Waals surface area contributed by atoms with Crippen LogP contribution in [0.2, 0.25) is 0 Å². The van der Waals surface area contributed by atoms with Crippen LogP contribution in [0.3, 0.4) is 0 Å². The first-order chi connectivity index (χ1) is 27.6. The van der Waals surface area contributed by atoms with Crippen molar-refractivity contribution in [3.8, 4) is 0 Å². The SMILES string of the molecule is CCCCCCCCCCCCN(c1ccccc1)c1ccc(C2=C(O)/C(=C3C=C/C(=[N+](/CCCCCCCCCCCC)c4ccccc4)N=C\3)C2=O)cn1. The van der Waals surface area contributed by atoms with Gasteiger partial charge in [0.25, 0.3) is 0 Å². The Bertz CT molecular complexity index is 1770. The highest BCUT2D eigenvalue weighted by Crippen LogP contribution is 2.38. The highest BCUT2D eigenvalue weighted by Gasteiger charge is 2.37. The van der Waals surface area contributed by atoms with E-state index in [-0.39, 0.29) is 11.5 Å². The van der Waals surface area contributed by atoms with Crippen LogP contribution < -0.4 is 4.90 Å². The van der Waals surface area contributed by atoms with Crippen LogP contribution in [0.5, 0.6) is 0 Å². The Morgan fingerprint density at radius 2 is 1.16 bits per heavy atom. The fourth-order valence-corrected chi connectivity index (χ4v) is 7.81. The van der Waals surface area contributed by atoms with Gasteiger partial charge in [0, 0.05) is 35.6 Å². The van der Waals surface area contributed by atoms with Crippen molar-refractivity contribution in [3.05, 3.63) is 114 Å². The second-order valence-electron chi connectivity index (χ2n) is 15.6. The molecule has 56 heavy (non-hydrogen) atoms. The minimum Gasteiger partial charge on any atom is -0.506 e. The number of aliphatic imine (C=N–C) groups is 1. The van der Waals surface area contributed by atoms with Crippen LogP contribution >= 0.6 is 0 Å². The van der Waals surface area contributed by atoms with Crippen LogP contribution in [0.1, 0.15) is 148 Å². The molecule has 0 amide bonds.